The van der Waals surface area contributed by atoms with Crippen molar-refractivity contribution in [2.24, 2.45) is 5.92 Å². The number of hydrogen-bond donors (Lipinski definition) is 0. The molecule has 2 aromatic heterocycles. The average Bonchev–Trinajstić information content (AvgIpc) is 3.28. The van der Waals surface area contributed by atoms with E-state index in [0.29, 0.717) is 21.9 Å². The Morgan fingerprint density at radius 1 is 0.889 bits per heavy atom. The first-order chi connectivity index (χ1) is 12.6. The van der Waals surface area contributed by atoms with Crippen LogP contribution in [0.2, 0.25) is 0 Å². The molecular weight excluding hydrogens is 370 g/mol. The van der Waals surface area contributed by atoms with Crippen molar-refractivity contribution in [3.8, 4) is 0 Å². The van der Waals surface area contributed by atoms with E-state index in [0.717, 1.165) is 11.0 Å². The van der Waals surface area contributed by atoms with Crippen molar-refractivity contribution in [2.75, 3.05) is 0 Å². The van der Waals surface area contributed by atoms with Crippen LogP contribution in [0.5, 0.6) is 0 Å². The van der Waals surface area contributed by atoms with Crippen molar-refractivity contribution >= 4 is 26.8 Å². The van der Waals surface area contributed by atoms with Crippen LogP contribution in [0.25, 0.3) is 0 Å². The maximum Gasteiger partial charge on any atom is 0.137 e. The zero-order valence-corrected chi connectivity index (χ0v) is 19.4. The van der Waals surface area contributed by atoms with Crippen molar-refractivity contribution in [3.05, 3.63) is 60.3 Å². The summed E-state index contributed by atoms with van der Waals surface area (Å²) in [6, 6.07) is 8.13. The van der Waals surface area contributed by atoms with Gasteiger partial charge >= 0.3 is 0 Å². The van der Waals surface area contributed by atoms with Crippen LogP contribution in [0.1, 0.15) is 48.5 Å². The van der Waals surface area contributed by atoms with E-state index in [1.54, 1.807) is 12.5 Å². The highest BCUT2D eigenvalue weighted by molar-refractivity contribution is 7.76. The second-order valence-corrected chi connectivity index (χ2v) is 15.5. The zero-order chi connectivity index (χ0) is 19.8. The Morgan fingerprint density at radius 2 is 1.41 bits per heavy atom. The minimum Gasteiger partial charge on any atom is -0.464 e. The summed E-state index contributed by atoms with van der Waals surface area (Å²) in [5.41, 5.74) is 2.62. The Kier molecular flexibility index (Phi) is 5.90. The molecule has 0 saturated carbocycles. The molecule has 4 heteroatoms. The van der Waals surface area contributed by atoms with E-state index in [9.17, 15) is 0 Å². The Hall–Kier alpha value is -1.10. The fourth-order valence-electron chi connectivity index (χ4n) is 4.66. The number of rotatable bonds is 5. The molecule has 3 rings (SSSR count). The Balaban J connectivity index is 1.99. The summed E-state index contributed by atoms with van der Waals surface area (Å²) in [5, 5.41) is 2.04. The summed E-state index contributed by atoms with van der Waals surface area (Å²) in [6.07, 6.45) is 10.5. The van der Waals surface area contributed by atoms with Gasteiger partial charge in [0.25, 0.3) is 0 Å². The zero-order valence-electron chi connectivity index (χ0n) is 17.6. The first kappa shape index (κ1) is 20.6. The second-order valence-electron chi connectivity index (χ2n) is 9.19. The van der Waals surface area contributed by atoms with Crippen LogP contribution in [0.3, 0.4) is 0 Å². The summed E-state index contributed by atoms with van der Waals surface area (Å²) in [6.45, 7) is 16.9. The number of hydrogen-bond acceptors (Lipinski definition) is 2. The van der Waals surface area contributed by atoms with E-state index in [-0.39, 0.29) is 7.92 Å². The van der Waals surface area contributed by atoms with Gasteiger partial charge in [-0.25, -0.2) is 0 Å². The Morgan fingerprint density at radius 3 is 1.81 bits per heavy atom. The molecule has 2 nitrogen and oxygen atoms in total. The van der Waals surface area contributed by atoms with Crippen molar-refractivity contribution in [1.29, 1.82) is 0 Å². The molecular formula is C23H32O2P2. The Labute approximate surface area is 166 Å². The lowest BCUT2D eigenvalue weighted by atomic mass is 10.1. The van der Waals surface area contributed by atoms with E-state index >= 15 is 0 Å². The quantitative estimate of drug-likeness (QED) is 0.512. The van der Waals surface area contributed by atoms with Crippen molar-refractivity contribution < 1.29 is 8.83 Å². The monoisotopic (exact) mass is 402 g/mol. The first-order valence-corrected chi connectivity index (χ1v) is 12.4. The third-order valence-corrected chi connectivity index (χ3v) is 11.4. The van der Waals surface area contributed by atoms with Gasteiger partial charge in [0.2, 0.25) is 0 Å². The van der Waals surface area contributed by atoms with Crippen LogP contribution < -0.4 is 11.0 Å². The molecule has 0 aliphatic heterocycles. The predicted octanol–water partition coefficient (Wildman–Crippen LogP) is 6.84. The molecule has 27 heavy (non-hydrogen) atoms. The van der Waals surface area contributed by atoms with Crippen LogP contribution in [0.4, 0.5) is 0 Å². The molecule has 0 radical (unpaired) electrons. The summed E-state index contributed by atoms with van der Waals surface area (Å²) in [5.74, 6) is 0.427. The summed E-state index contributed by atoms with van der Waals surface area (Å²) >= 11 is 0. The molecule has 0 aromatic carbocycles. The first-order valence-electron chi connectivity index (χ1n) is 9.65. The van der Waals surface area contributed by atoms with Gasteiger partial charge in [-0.2, -0.15) is 0 Å². The lowest BCUT2D eigenvalue weighted by Crippen LogP contribution is -2.34. The van der Waals surface area contributed by atoms with Gasteiger partial charge in [-0.1, -0.05) is 74.6 Å². The van der Waals surface area contributed by atoms with Gasteiger partial charge < -0.3 is 8.83 Å². The third-order valence-electron chi connectivity index (χ3n) is 5.01. The predicted molar refractivity (Wildman–Crippen MR) is 120 cm³/mol. The molecule has 0 fully saturated rings. The largest absolute Gasteiger partial charge is 0.464 e. The molecule has 0 N–H and O–H groups in total. The van der Waals surface area contributed by atoms with Gasteiger partial charge in [-0.3, -0.25) is 0 Å². The van der Waals surface area contributed by atoms with Gasteiger partial charge in [0.15, 0.2) is 0 Å². The number of allylic oxidation sites excluding steroid dienone is 4. The van der Waals surface area contributed by atoms with Crippen LogP contribution in [-0.2, 0) is 0 Å². The molecule has 1 aliphatic carbocycles. The van der Waals surface area contributed by atoms with Crippen molar-refractivity contribution in [1.82, 2.24) is 0 Å². The van der Waals surface area contributed by atoms with E-state index in [4.69, 9.17) is 8.83 Å². The standard InChI is InChI=1S/C23H32O2P2/c1-17(27(22(2,3)4)23(5,6)7)18-11-8-12-19(18)26(20-13-9-15-24-20)21-14-10-16-25-21/h8-18H,1-7H3. The smallest absolute Gasteiger partial charge is 0.137 e. The Bertz CT molecular complexity index is 738. The minimum atomic E-state index is -0.771. The molecule has 2 aromatic rings. The van der Waals surface area contributed by atoms with Gasteiger partial charge in [0, 0.05) is 5.92 Å². The van der Waals surface area contributed by atoms with Crippen molar-refractivity contribution in [3.63, 3.8) is 0 Å². The molecule has 0 saturated heterocycles. The van der Waals surface area contributed by atoms with Gasteiger partial charge in [0.1, 0.15) is 11.0 Å². The SMILES string of the molecule is CC(C1C=CC=C1P(c1ccco1)c1ccco1)P(C(C)(C)C)C(C)(C)C. The van der Waals surface area contributed by atoms with E-state index in [1.807, 2.05) is 12.1 Å². The molecule has 146 valence electrons. The highest BCUT2D eigenvalue weighted by Gasteiger charge is 2.43. The molecule has 0 bridgehead atoms. The maximum atomic E-state index is 5.86. The van der Waals surface area contributed by atoms with E-state index < -0.39 is 7.92 Å². The summed E-state index contributed by atoms with van der Waals surface area (Å²) < 4.78 is 11.7. The summed E-state index contributed by atoms with van der Waals surface area (Å²) in [4.78, 5) is 0. The second kappa shape index (κ2) is 7.73. The van der Waals surface area contributed by atoms with Crippen LogP contribution in [-0.4, -0.2) is 16.0 Å². The average molecular weight is 402 g/mol. The fourth-order valence-corrected chi connectivity index (χ4v) is 12.2. The highest BCUT2D eigenvalue weighted by atomic mass is 31.1. The molecule has 2 heterocycles. The molecule has 0 amide bonds. The van der Waals surface area contributed by atoms with Crippen LogP contribution in [0, 0.1) is 5.92 Å². The van der Waals surface area contributed by atoms with E-state index in [2.05, 4.69) is 78.8 Å². The van der Waals surface area contributed by atoms with E-state index in [1.165, 1.54) is 5.31 Å². The third kappa shape index (κ3) is 4.33. The van der Waals surface area contributed by atoms with Gasteiger partial charge in [0.05, 0.1) is 20.4 Å². The van der Waals surface area contributed by atoms with Gasteiger partial charge in [-0.15, -0.1) is 0 Å². The minimum absolute atomic E-state index is 0.224. The molecule has 2 atom stereocenters. The molecule has 1 aliphatic rings. The highest BCUT2D eigenvalue weighted by Crippen LogP contribution is 2.66. The normalized spacial score (nSPS) is 19.1. The fraction of sp³-hybridized carbons (Fsp3) is 0.478. The van der Waals surface area contributed by atoms with Crippen molar-refractivity contribution in [2.45, 2.75) is 64.4 Å². The molecule has 0 spiro atoms. The lowest BCUT2D eigenvalue weighted by molar-refractivity contribution is 0.592. The topological polar surface area (TPSA) is 26.3 Å². The lowest BCUT2D eigenvalue weighted by Gasteiger charge is -2.47. The van der Waals surface area contributed by atoms with Crippen LogP contribution >= 0.6 is 15.8 Å². The number of furan rings is 2. The molecule has 2 unspecified atom stereocenters. The van der Waals surface area contributed by atoms with Crippen LogP contribution in [0.15, 0.2) is 69.2 Å². The summed E-state index contributed by atoms with van der Waals surface area (Å²) in [7, 11) is -0.995. The maximum absolute atomic E-state index is 5.86. The van der Waals surface area contributed by atoms with Gasteiger partial charge in [-0.05, 0) is 45.6 Å².